The van der Waals surface area contributed by atoms with Crippen LogP contribution in [-0.2, 0) is 5.54 Å². The molecular weight excluding hydrogens is 552 g/mol. The second-order valence-corrected chi connectivity index (χ2v) is 11.1. The second kappa shape index (κ2) is 9.14. The maximum Gasteiger partial charge on any atom is 0.405 e. The molecule has 2 atom stereocenters. The Morgan fingerprint density at radius 3 is 2.71 bits per heavy atom. The molecule has 0 spiro atoms. The number of carboxylic acid groups (broad SMARTS) is 1. The summed E-state index contributed by atoms with van der Waals surface area (Å²) in [7, 11) is 0. The van der Waals surface area contributed by atoms with Gasteiger partial charge in [0.25, 0.3) is 5.91 Å². The van der Waals surface area contributed by atoms with Crippen molar-refractivity contribution in [1.82, 2.24) is 35.1 Å². The zero-order valence-corrected chi connectivity index (χ0v) is 22.0. The quantitative estimate of drug-likeness (QED) is 0.267. The molecule has 1 saturated carbocycles. The lowest BCUT2D eigenvalue weighted by Gasteiger charge is -2.52. The first-order valence-electron chi connectivity index (χ1n) is 14.1. The molecule has 12 nitrogen and oxygen atoms in total. The summed E-state index contributed by atoms with van der Waals surface area (Å²) in [6.45, 7) is -4.09. The largest absolute Gasteiger partial charge is 0.465 e. The van der Waals surface area contributed by atoms with Gasteiger partial charge in [-0.15, -0.1) is 0 Å². The van der Waals surface area contributed by atoms with Crippen LogP contribution in [-0.4, -0.2) is 59.9 Å². The van der Waals surface area contributed by atoms with Crippen molar-refractivity contribution in [3.63, 3.8) is 0 Å². The van der Waals surface area contributed by atoms with Gasteiger partial charge in [-0.3, -0.25) is 4.79 Å². The van der Waals surface area contributed by atoms with Gasteiger partial charge < -0.3 is 30.2 Å². The van der Waals surface area contributed by atoms with Crippen molar-refractivity contribution in [2.45, 2.75) is 50.4 Å². The summed E-state index contributed by atoms with van der Waals surface area (Å²) < 4.78 is 48.7. The number of ether oxygens (including phenoxy) is 1. The molecule has 3 aliphatic rings. The van der Waals surface area contributed by atoms with Gasteiger partial charge in [-0.2, -0.15) is 8.78 Å². The van der Waals surface area contributed by atoms with Crippen LogP contribution >= 0.6 is 0 Å². The number of halogens is 2. The zero-order valence-electron chi connectivity index (χ0n) is 24.0. The Balaban J connectivity index is 1.26. The van der Waals surface area contributed by atoms with Crippen LogP contribution in [0.5, 0.6) is 5.75 Å². The molecule has 14 heteroatoms. The van der Waals surface area contributed by atoms with Crippen LogP contribution in [0.25, 0.3) is 22.4 Å². The third kappa shape index (κ3) is 3.96. The molecule has 2 bridgehead atoms. The van der Waals surface area contributed by atoms with Crippen LogP contribution < -0.4 is 15.4 Å². The fourth-order valence-corrected chi connectivity index (χ4v) is 6.60. The number of benzene rings is 1. The smallest absolute Gasteiger partial charge is 0.405 e. The zero-order chi connectivity index (χ0) is 31.2. The van der Waals surface area contributed by atoms with Crippen LogP contribution in [0.2, 0.25) is 0 Å². The number of pyridine rings is 1. The second-order valence-electron chi connectivity index (χ2n) is 11.1. The number of amides is 2. The summed E-state index contributed by atoms with van der Waals surface area (Å²) >= 11 is 0. The van der Waals surface area contributed by atoms with Gasteiger partial charge in [0.2, 0.25) is 0 Å². The Morgan fingerprint density at radius 2 is 2.02 bits per heavy atom. The highest BCUT2D eigenvalue weighted by Gasteiger charge is 2.55. The molecule has 4 N–H and O–H groups in total. The molecule has 2 aliphatic heterocycles. The van der Waals surface area contributed by atoms with Crippen LogP contribution in [0, 0.1) is 5.41 Å². The summed E-state index contributed by atoms with van der Waals surface area (Å²) in [5, 5.41) is 24.7. The third-order valence-electron chi connectivity index (χ3n) is 8.19. The molecule has 4 aromatic rings. The average molecular weight is 580 g/mol. The Kier molecular flexibility index (Phi) is 5.21. The lowest BCUT2D eigenvalue weighted by molar-refractivity contribution is -0.0507. The topological polar surface area (TPSA) is 164 Å². The van der Waals surface area contributed by atoms with E-state index in [0.29, 0.717) is 40.2 Å². The summed E-state index contributed by atoms with van der Waals surface area (Å²) in [4.78, 5) is 42.8. The first-order valence-corrected chi connectivity index (χ1v) is 13.1. The normalized spacial score (nSPS) is 26.8. The van der Waals surface area contributed by atoms with E-state index in [1.54, 1.807) is 18.2 Å². The van der Waals surface area contributed by atoms with Gasteiger partial charge in [-0.1, -0.05) is 13.0 Å². The van der Waals surface area contributed by atoms with E-state index in [1.165, 1.54) is 31.5 Å². The lowest BCUT2D eigenvalue weighted by Crippen LogP contribution is -2.60. The van der Waals surface area contributed by atoms with Gasteiger partial charge in [0.05, 0.1) is 20.5 Å². The van der Waals surface area contributed by atoms with E-state index in [1.807, 2.05) is 4.57 Å². The number of aromatic nitrogens is 5. The summed E-state index contributed by atoms with van der Waals surface area (Å²) in [5.74, 6) is 0.151. The van der Waals surface area contributed by atoms with E-state index >= 15 is 0 Å². The fourth-order valence-electron chi connectivity index (χ4n) is 6.60. The highest BCUT2D eigenvalue weighted by atomic mass is 19.3. The van der Waals surface area contributed by atoms with Crippen LogP contribution in [0.1, 0.15) is 68.6 Å². The molecule has 42 heavy (non-hydrogen) atoms. The van der Waals surface area contributed by atoms with Gasteiger partial charge in [0.1, 0.15) is 22.6 Å². The predicted molar refractivity (Wildman–Crippen MR) is 142 cm³/mol. The molecule has 1 aliphatic carbocycles. The number of nitrogens with one attached hydrogen (secondary N) is 2. The number of hydrogen-bond acceptors (Lipinski definition) is 8. The SMILES string of the molecule is [2H]C([2H])(O)C1(C)CC(NC(=O)O)(c2ncc(-c3ccc4nc5n(c4n3)[C@@H]3C[C@H]5NC(=O)c4cccc(OC(F)F)c43)cn2)C1. The number of alkyl halides is 2. The molecule has 0 unspecified atom stereocenters. The number of hydrogen-bond donors (Lipinski definition) is 4. The molecule has 7 rings (SSSR count). The molecule has 0 radical (unpaired) electrons. The Bertz CT molecular complexity index is 1840. The number of rotatable bonds is 6. The number of fused-ring (bicyclic) bond motifs is 9. The van der Waals surface area contributed by atoms with E-state index in [4.69, 9.17) is 12.5 Å². The highest BCUT2D eigenvalue weighted by molar-refractivity contribution is 5.98. The number of carbonyl (C=O) groups excluding carboxylic acids is 1. The molecule has 0 saturated heterocycles. The van der Waals surface area contributed by atoms with Crippen LogP contribution in [0.4, 0.5) is 13.6 Å². The molecule has 216 valence electrons. The monoisotopic (exact) mass is 579 g/mol. The maximum absolute atomic E-state index is 13.3. The number of nitrogens with zero attached hydrogens (tertiary/aromatic N) is 5. The van der Waals surface area contributed by atoms with Crippen molar-refractivity contribution < 1.29 is 36.1 Å². The fraction of sp³-hybridized carbons (Fsp3) is 0.357. The summed E-state index contributed by atoms with van der Waals surface area (Å²) in [6.07, 6.45) is 1.87. The molecule has 5 heterocycles. The summed E-state index contributed by atoms with van der Waals surface area (Å²) in [6, 6.07) is 6.86. The predicted octanol–water partition coefficient (Wildman–Crippen LogP) is 3.52. The van der Waals surface area contributed by atoms with Crippen molar-refractivity contribution in [2.75, 3.05) is 6.56 Å². The minimum atomic E-state index is -3.08. The average Bonchev–Trinajstić information content (AvgIpc) is 3.43. The molecule has 1 fully saturated rings. The number of carbonyl (C=O) groups is 2. The van der Waals surface area contributed by atoms with E-state index in [2.05, 4.69) is 25.6 Å². The van der Waals surface area contributed by atoms with E-state index in [-0.39, 0.29) is 30.0 Å². The summed E-state index contributed by atoms with van der Waals surface area (Å²) in [5.41, 5.74) is -0.0191. The van der Waals surface area contributed by atoms with Crippen molar-refractivity contribution in [3.05, 3.63) is 65.5 Å². The Hall–Kier alpha value is -4.72. The molecule has 3 aromatic heterocycles. The van der Waals surface area contributed by atoms with Gasteiger partial charge in [0.15, 0.2) is 11.5 Å². The van der Waals surface area contributed by atoms with Crippen molar-refractivity contribution in [2.24, 2.45) is 5.41 Å². The maximum atomic E-state index is 13.3. The van der Waals surface area contributed by atoms with Crippen LogP contribution in [0.15, 0.2) is 42.7 Å². The van der Waals surface area contributed by atoms with Crippen molar-refractivity contribution in [1.29, 1.82) is 0 Å². The third-order valence-corrected chi connectivity index (χ3v) is 8.19. The standard InChI is InChI=1S/C28H25F2N7O5/c1-27(12-38)10-28(11-27,36-26(40)41)24-31-8-13(9-32-24)15-5-6-16-21(33-15)37-18-7-17(22(37)34-16)35-23(39)14-3-2-4-19(20(14)18)42-25(29)30/h2-6,8-9,17-18,25,36,38H,7,10-12H2,1H3,(H,35,39)(H,40,41)/t17-,18-,27?,28?/m1/s1/i12D2. The van der Waals surface area contributed by atoms with Crippen molar-refractivity contribution in [3.8, 4) is 17.0 Å². The van der Waals surface area contributed by atoms with Gasteiger partial charge >= 0.3 is 12.7 Å². The van der Waals surface area contributed by atoms with Gasteiger partial charge in [-0.05, 0) is 42.5 Å². The van der Waals surface area contributed by atoms with E-state index in [0.717, 1.165) is 0 Å². The van der Waals surface area contributed by atoms with Gasteiger partial charge in [0, 0.05) is 42.1 Å². The Labute approximate surface area is 239 Å². The first kappa shape index (κ1) is 23.9. The first-order chi connectivity index (χ1) is 20.8. The molecular formula is C28H25F2N7O5. The number of aliphatic hydroxyl groups is 1. The van der Waals surface area contributed by atoms with E-state index in [9.17, 15) is 28.6 Å². The minimum absolute atomic E-state index is 0.0564. The van der Waals surface area contributed by atoms with E-state index < -0.39 is 48.2 Å². The lowest BCUT2D eigenvalue weighted by atomic mass is 9.58. The molecule has 2 amide bonds. The Morgan fingerprint density at radius 1 is 1.26 bits per heavy atom. The van der Waals surface area contributed by atoms with Crippen molar-refractivity contribution >= 4 is 23.2 Å². The highest BCUT2D eigenvalue weighted by Crippen LogP contribution is 2.53. The van der Waals surface area contributed by atoms with Gasteiger partial charge in [-0.25, -0.2) is 24.7 Å². The van der Waals surface area contributed by atoms with Crippen LogP contribution in [0.3, 0.4) is 0 Å². The number of imidazole rings is 1. The molecule has 1 aromatic carbocycles. The minimum Gasteiger partial charge on any atom is -0.465 e.